The van der Waals surface area contributed by atoms with Crippen molar-refractivity contribution in [3.05, 3.63) is 0 Å². The van der Waals surface area contributed by atoms with Gasteiger partial charge in [0.05, 0.1) is 6.04 Å². The maximum absolute atomic E-state index is 11.9. The summed E-state index contributed by atoms with van der Waals surface area (Å²) in [6, 6.07) is -0.0308. The van der Waals surface area contributed by atoms with Crippen molar-refractivity contribution in [1.29, 1.82) is 0 Å². The molecular formula is C16H29N3O. The third-order valence-electron chi connectivity index (χ3n) is 3.94. The van der Waals surface area contributed by atoms with Gasteiger partial charge < -0.3 is 15.5 Å². The Morgan fingerprint density at radius 3 is 2.35 bits per heavy atom. The van der Waals surface area contributed by atoms with Gasteiger partial charge in [-0.3, -0.25) is 0 Å². The van der Waals surface area contributed by atoms with Crippen molar-refractivity contribution in [3.8, 4) is 12.3 Å². The quantitative estimate of drug-likeness (QED) is 0.757. The molecule has 0 heterocycles. The maximum atomic E-state index is 11.9. The van der Waals surface area contributed by atoms with E-state index in [4.69, 9.17) is 6.42 Å². The minimum absolute atomic E-state index is 0.127. The number of carbonyl (C=O) groups is 1. The molecule has 0 unspecified atom stereocenters. The largest absolute Gasteiger partial charge is 0.335 e. The molecule has 1 saturated carbocycles. The molecule has 1 atom stereocenters. The number of amides is 2. The van der Waals surface area contributed by atoms with E-state index in [0.29, 0.717) is 6.04 Å². The fraction of sp³-hybridized carbons (Fsp3) is 0.812. The molecule has 0 spiro atoms. The van der Waals surface area contributed by atoms with E-state index in [1.54, 1.807) is 0 Å². The van der Waals surface area contributed by atoms with Crippen LogP contribution in [0.5, 0.6) is 0 Å². The zero-order valence-electron chi connectivity index (χ0n) is 13.3. The van der Waals surface area contributed by atoms with Gasteiger partial charge in [-0.1, -0.05) is 19.8 Å². The van der Waals surface area contributed by atoms with Crippen LogP contribution < -0.4 is 10.6 Å². The Bertz CT molecular complexity index is 338. The van der Waals surface area contributed by atoms with Crippen LogP contribution in [0, 0.1) is 24.2 Å². The number of urea groups is 1. The molecule has 0 aromatic carbocycles. The lowest BCUT2D eigenvalue weighted by Crippen LogP contribution is -2.48. The van der Waals surface area contributed by atoms with Crippen molar-refractivity contribution in [2.24, 2.45) is 11.8 Å². The zero-order valence-corrected chi connectivity index (χ0v) is 13.3. The van der Waals surface area contributed by atoms with Gasteiger partial charge in [0.1, 0.15) is 0 Å². The Morgan fingerprint density at radius 2 is 1.90 bits per heavy atom. The number of rotatable bonds is 5. The molecule has 0 radical (unpaired) electrons. The summed E-state index contributed by atoms with van der Waals surface area (Å²) in [5, 5.41) is 5.92. The third-order valence-corrected chi connectivity index (χ3v) is 3.94. The molecule has 0 aromatic rings. The Balaban J connectivity index is 2.29. The molecule has 0 bridgehead atoms. The van der Waals surface area contributed by atoms with Crippen LogP contribution in [-0.2, 0) is 0 Å². The van der Waals surface area contributed by atoms with Crippen LogP contribution in [0.2, 0.25) is 0 Å². The van der Waals surface area contributed by atoms with Crippen molar-refractivity contribution in [3.63, 3.8) is 0 Å². The Hall–Kier alpha value is -1.21. The highest BCUT2D eigenvalue weighted by Gasteiger charge is 2.23. The van der Waals surface area contributed by atoms with E-state index in [1.165, 1.54) is 12.8 Å². The normalized spacial score (nSPS) is 24.2. The molecule has 0 aromatic heterocycles. The second-order valence-electron chi connectivity index (χ2n) is 6.49. The molecule has 1 aliphatic rings. The smallest absolute Gasteiger partial charge is 0.315 e. The highest BCUT2D eigenvalue weighted by molar-refractivity contribution is 5.75. The summed E-state index contributed by atoms with van der Waals surface area (Å²) in [6.07, 6.45) is 9.92. The summed E-state index contributed by atoms with van der Waals surface area (Å²) in [4.78, 5) is 14.2. The Kier molecular flexibility index (Phi) is 6.87. The lowest BCUT2D eigenvalue weighted by Gasteiger charge is -2.31. The van der Waals surface area contributed by atoms with Gasteiger partial charge in [-0.05, 0) is 51.6 Å². The summed E-state index contributed by atoms with van der Waals surface area (Å²) < 4.78 is 0. The molecule has 4 heteroatoms. The lowest BCUT2D eigenvalue weighted by molar-refractivity contribution is 0.213. The fourth-order valence-corrected chi connectivity index (χ4v) is 2.77. The van der Waals surface area contributed by atoms with Gasteiger partial charge in [0.25, 0.3) is 0 Å². The van der Waals surface area contributed by atoms with Crippen molar-refractivity contribution >= 4 is 6.03 Å². The summed E-state index contributed by atoms with van der Waals surface area (Å²) in [6.45, 7) is 5.17. The fourth-order valence-electron chi connectivity index (χ4n) is 2.77. The minimum atomic E-state index is -0.194. The van der Waals surface area contributed by atoms with E-state index in [-0.39, 0.29) is 18.0 Å². The van der Waals surface area contributed by atoms with Crippen molar-refractivity contribution in [2.75, 3.05) is 20.6 Å². The third kappa shape index (κ3) is 5.83. The van der Waals surface area contributed by atoms with Crippen LogP contribution in [-0.4, -0.2) is 43.7 Å². The molecule has 0 saturated heterocycles. The average molecular weight is 279 g/mol. The van der Waals surface area contributed by atoms with Gasteiger partial charge in [-0.15, -0.1) is 6.42 Å². The zero-order chi connectivity index (χ0) is 15.1. The van der Waals surface area contributed by atoms with E-state index < -0.39 is 0 Å². The molecule has 2 N–H and O–H groups in total. The van der Waals surface area contributed by atoms with E-state index in [0.717, 1.165) is 25.3 Å². The molecule has 4 nitrogen and oxygen atoms in total. The van der Waals surface area contributed by atoms with Crippen molar-refractivity contribution in [2.45, 2.75) is 51.6 Å². The first-order chi connectivity index (χ1) is 9.42. The van der Waals surface area contributed by atoms with Crippen LogP contribution >= 0.6 is 0 Å². The number of hydrogen-bond acceptors (Lipinski definition) is 2. The SMILES string of the molecule is C#C[C@@H](NC(=O)NC1CCC(CN(C)C)CC1)C(C)C. The van der Waals surface area contributed by atoms with Crippen LogP contribution in [0.15, 0.2) is 0 Å². The van der Waals surface area contributed by atoms with Gasteiger partial charge >= 0.3 is 6.03 Å². The molecule has 1 fully saturated rings. The maximum Gasteiger partial charge on any atom is 0.315 e. The topological polar surface area (TPSA) is 44.4 Å². The first-order valence-corrected chi connectivity index (χ1v) is 7.60. The molecule has 0 aliphatic heterocycles. The van der Waals surface area contributed by atoms with E-state index in [2.05, 4.69) is 35.5 Å². The molecule has 114 valence electrons. The molecule has 1 rings (SSSR count). The van der Waals surface area contributed by atoms with Gasteiger partial charge in [0.2, 0.25) is 0 Å². The van der Waals surface area contributed by atoms with Crippen molar-refractivity contribution < 1.29 is 4.79 Å². The number of carbonyl (C=O) groups excluding carboxylic acids is 1. The number of hydrogen-bond donors (Lipinski definition) is 2. The van der Waals surface area contributed by atoms with E-state index in [9.17, 15) is 4.79 Å². The molecule has 1 aliphatic carbocycles. The average Bonchev–Trinajstić information content (AvgIpc) is 2.37. The highest BCUT2D eigenvalue weighted by atomic mass is 16.2. The second kappa shape index (κ2) is 8.16. The van der Waals surface area contributed by atoms with Crippen LogP contribution in [0.4, 0.5) is 4.79 Å². The lowest BCUT2D eigenvalue weighted by atomic mass is 9.86. The second-order valence-corrected chi connectivity index (χ2v) is 6.49. The number of terminal acetylenes is 1. The Labute approximate surface area is 123 Å². The first-order valence-electron chi connectivity index (χ1n) is 7.60. The summed E-state index contributed by atoms with van der Waals surface area (Å²) >= 11 is 0. The molecular weight excluding hydrogens is 250 g/mol. The monoisotopic (exact) mass is 279 g/mol. The highest BCUT2D eigenvalue weighted by Crippen LogP contribution is 2.24. The molecule has 20 heavy (non-hydrogen) atoms. The van der Waals surface area contributed by atoms with Gasteiger partial charge in [0, 0.05) is 12.6 Å². The van der Waals surface area contributed by atoms with Crippen LogP contribution in [0.3, 0.4) is 0 Å². The molecule has 2 amide bonds. The van der Waals surface area contributed by atoms with Gasteiger partial charge in [-0.25, -0.2) is 4.79 Å². The van der Waals surface area contributed by atoms with Gasteiger partial charge in [0.15, 0.2) is 0 Å². The predicted octanol–water partition coefficient (Wildman–Crippen LogP) is 2.06. The predicted molar refractivity (Wildman–Crippen MR) is 83.4 cm³/mol. The van der Waals surface area contributed by atoms with Crippen molar-refractivity contribution in [1.82, 2.24) is 15.5 Å². The van der Waals surface area contributed by atoms with Crippen LogP contribution in [0.1, 0.15) is 39.5 Å². The van der Waals surface area contributed by atoms with E-state index >= 15 is 0 Å². The summed E-state index contributed by atoms with van der Waals surface area (Å²) in [5.41, 5.74) is 0. The van der Waals surface area contributed by atoms with E-state index in [1.807, 2.05) is 13.8 Å². The number of nitrogens with one attached hydrogen (secondary N) is 2. The summed E-state index contributed by atoms with van der Waals surface area (Å²) in [5.74, 6) is 3.64. The number of nitrogens with zero attached hydrogens (tertiary/aromatic N) is 1. The van der Waals surface area contributed by atoms with Gasteiger partial charge in [-0.2, -0.15) is 0 Å². The first kappa shape index (κ1) is 16.8. The van der Waals surface area contributed by atoms with Crippen LogP contribution in [0.25, 0.3) is 0 Å². The standard InChI is InChI=1S/C16H29N3O/c1-6-15(12(2)3)18-16(20)17-14-9-7-13(8-10-14)11-19(4)5/h1,12-15H,7-11H2,2-5H3,(H2,17,18,20)/t13?,14?,15-/m1/s1. The summed E-state index contributed by atoms with van der Waals surface area (Å²) in [7, 11) is 4.23. The minimum Gasteiger partial charge on any atom is -0.335 e. The Morgan fingerprint density at radius 1 is 1.30 bits per heavy atom.